The molecule has 2 amide bonds. The molecule has 104 valence electrons. The summed E-state index contributed by atoms with van der Waals surface area (Å²) in [5.74, 6) is -0.00629. The first-order valence-corrected chi connectivity index (χ1v) is 6.96. The van der Waals surface area contributed by atoms with E-state index in [0.29, 0.717) is 18.0 Å². The van der Waals surface area contributed by atoms with Gasteiger partial charge in [-0.3, -0.25) is 14.5 Å². The Hall–Kier alpha value is -1.94. The quantitative estimate of drug-likeness (QED) is 0.788. The Labute approximate surface area is 118 Å². The summed E-state index contributed by atoms with van der Waals surface area (Å²) in [4.78, 5) is 25.8. The summed E-state index contributed by atoms with van der Waals surface area (Å²) in [7, 11) is 0. The molecule has 2 aliphatic rings. The number of nitrogens with zero attached hydrogens (tertiary/aromatic N) is 1. The number of imide groups is 1. The Morgan fingerprint density at radius 2 is 1.80 bits per heavy atom. The fourth-order valence-electron chi connectivity index (χ4n) is 2.69. The van der Waals surface area contributed by atoms with E-state index in [0.717, 1.165) is 31.6 Å². The summed E-state index contributed by atoms with van der Waals surface area (Å²) >= 11 is 0. The van der Waals surface area contributed by atoms with Crippen LogP contribution in [0.1, 0.15) is 18.4 Å². The third-order valence-electron chi connectivity index (χ3n) is 3.88. The predicted octanol–water partition coefficient (Wildman–Crippen LogP) is 1.87. The summed E-state index contributed by atoms with van der Waals surface area (Å²) < 4.78 is 5.31. The van der Waals surface area contributed by atoms with E-state index in [1.807, 2.05) is 30.3 Å². The fourth-order valence-corrected chi connectivity index (χ4v) is 2.69. The van der Waals surface area contributed by atoms with E-state index in [-0.39, 0.29) is 11.8 Å². The Balaban J connectivity index is 1.73. The molecule has 0 bridgehead atoms. The largest absolute Gasteiger partial charge is 0.381 e. The Bertz CT molecular complexity index is 544. The lowest BCUT2D eigenvalue weighted by molar-refractivity contribution is -0.137. The Morgan fingerprint density at radius 3 is 2.50 bits per heavy atom. The van der Waals surface area contributed by atoms with E-state index in [1.54, 1.807) is 0 Å². The first-order valence-electron chi connectivity index (χ1n) is 6.96. The molecule has 1 aromatic carbocycles. The van der Waals surface area contributed by atoms with E-state index in [9.17, 15) is 9.59 Å². The van der Waals surface area contributed by atoms with Crippen LogP contribution < -0.4 is 0 Å². The van der Waals surface area contributed by atoms with Crippen molar-refractivity contribution < 1.29 is 14.3 Å². The van der Waals surface area contributed by atoms with Crippen LogP contribution in [-0.2, 0) is 14.3 Å². The summed E-state index contributed by atoms with van der Waals surface area (Å²) in [6.45, 7) is 1.95. The Morgan fingerprint density at radius 1 is 1.10 bits per heavy atom. The molecule has 4 nitrogen and oxygen atoms in total. The number of benzene rings is 1. The van der Waals surface area contributed by atoms with Crippen LogP contribution in [0.4, 0.5) is 0 Å². The molecule has 4 heteroatoms. The number of ether oxygens (including phenoxy) is 1. The van der Waals surface area contributed by atoms with Crippen LogP contribution in [0.25, 0.3) is 5.57 Å². The van der Waals surface area contributed by atoms with Crippen LogP contribution in [0, 0.1) is 5.92 Å². The number of rotatable bonds is 3. The van der Waals surface area contributed by atoms with Gasteiger partial charge in [0.25, 0.3) is 11.8 Å². The van der Waals surface area contributed by atoms with Crippen LogP contribution in [0.3, 0.4) is 0 Å². The molecule has 1 fully saturated rings. The van der Waals surface area contributed by atoms with Crippen LogP contribution in [0.5, 0.6) is 0 Å². The van der Waals surface area contributed by atoms with Gasteiger partial charge >= 0.3 is 0 Å². The van der Waals surface area contributed by atoms with Gasteiger partial charge in [0.15, 0.2) is 0 Å². The molecule has 2 heterocycles. The summed E-state index contributed by atoms with van der Waals surface area (Å²) in [5, 5.41) is 0. The maximum Gasteiger partial charge on any atom is 0.261 e. The summed E-state index contributed by atoms with van der Waals surface area (Å²) in [6, 6.07) is 9.35. The predicted molar refractivity (Wildman–Crippen MR) is 74.7 cm³/mol. The number of hydrogen-bond acceptors (Lipinski definition) is 3. The van der Waals surface area contributed by atoms with E-state index >= 15 is 0 Å². The molecule has 2 aliphatic heterocycles. The highest BCUT2D eigenvalue weighted by molar-refractivity contribution is 6.33. The second-order valence-electron chi connectivity index (χ2n) is 5.23. The SMILES string of the molecule is O=C1C=C(c2ccccc2)C(=O)N1CC1CCOCC1. The van der Waals surface area contributed by atoms with E-state index < -0.39 is 0 Å². The van der Waals surface area contributed by atoms with Crippen molar-refractivity contribution in [2.75, 3.05) is 19.8 Å². The van der Waals surface area contributed by atoms with E-state index in [2.05, 4.69) is 0 Å². The molecule has 3 rings (SSSR count). The molecule has 0 radical (unpaired) electrons. The van der Waals surface area contributed by atoms with Crippen molar-refractivity contribution in [1.82, 2.24) is 4.90 Å². The third kappa shape index (κ3) is 2.51. The number of hydrogen-bond donors (Lipinski definition) is 0. The number of carbonyl (C=O) groups excluding carboxylic acids is 2. The molecule has 0 aromatic heterocycles. The van der Waals surface area contributed by atoms with Gasteiger partial charge in [-0.05, 0) is 24.3 Å². The average molecular weight is 271 g/mol. The minimum Gasteiger partial charge on any atom is -0.381 e. The molecular weight excluding hydrogens is 254 g/mol. The highest BCUT2D eigenvalue weighted by Gasteiger charge is 2.33. The highest BCUT2D eigenvalue weighted by Crippen LogP contribution is 2.26. The highest BCUT2D eigenvalue weighted by atomic mass is 16.5. The van der Waals surface area contributed by atoms with Gasteiger partial charge in [0.1, 0.15) is 0 Å². The molecule has 20 heavy (non-hydrogen) atoms. The molecular formula is C16H17NO3. The van der Waals surface area contributed by atoms with Gasteiger partial charge in [-0.2, -0.15) is 0 Å². The summed E-state index contributed by atoms with van der Waals surface area (Å²) in [5.41, 5.74) is 1.31. The van der Waals surface area contributed by atoms with E-state index in [4.69, 9.17) is 4.74 Å². The van der Waals surface area contributed by atoms with Gasteiger partial charge < -0.3 is 4.74 Å². The third-order valence-corrected chi connectivity index (χ3v) is 3.88. The maximum atomic E-state index is 12.4. The average Bonchev–Trinajstić information content (AvgIpc) is 2.77. The maximum absolute atomic E-state index is 12.4. The van der Waals surface area contributed by atoms with Crippen molar-refractivity contribution in [3.05, 3.63) is 42.0 Å². The van der Waals surface area contributed by atoms with Gasteiger partial charge in [-0.1, -0.05) is 30.3 Å². The number of amides is 2. The van der Waals surface area contributed by atoms with Crippen molar-refractivity contribution >= 4 is 17.4 Å². The first kappa shape index (κ1) is 13.1. The van der Waals surface area contributed by atoms with Crippen LogP contribution in [0.15, 0.2) is 36.4 Å². The molecule has 0 unspecified atom stereocenters. The van der Waals surface area contributed by atoms with Gasteiger partial charge in [0, 0.05) is 25.8 Å². The zero-order valence-electron chi connectivity index (χ0n) is 11.2. The zero-order valence-corrected chi connectivity index (χ0v) is 11.2. The van der Waals surface area contributed by atoms with Gasteiger partial charge in [-0.15, -0.1) is 0 Å². The first-order chi connectivity index (χ1) is 9.75. The van der Waals surface area contributed by atoms with Gasteiger partial charge in [0.2, 0.25) is 0 Å². The smallest absolute Gasteiger partial charge is 0.261 e. The van der Waals surface area contributed by atoms with Crippen LogP contribution in [0.2, 0.25) is 0 Å². The Kier molecular flexibility index (Phi) is 3.65. The van der Waals surface area contributed by atoms with Crippen molar-refractivity contribution in [3.8, 4) is 0 Å². The molecule has 1 saturated heterocycles. The van der Waals surface area contributed by atoms with Gasteiger partial charge in [0.05, 0.1) is 5.57 Å². The monoisotopic (exact) mass is 271 g/mol. The topological polar surface area (TPSA) is 46.6 Å². The minimum absolute atomic E-state index is 0.173. The van der Waals surface area contributed by atoms with Crippen molar-refractivity contribution in [2.45, 2.75) is 12.8 Å². The lowest BCUT2D eigenvalue weighted by Crippen LogP contribution is -2.37. The standard InChI is InChI=1S/C16H17NO3/c18-15-10-14(13-4-2-1-3-5-13)16(19)17(15)11-12-6-8-20-9-7-12/h1-5,10,12H,6-9,11H2. The van der Waals surface area contributed by atoms with Crippen molar-refractivity contribution in [1.29, 1.82) is 0 Å². The molecule has 0 atom stereocenters. The normalized spacial score (nSPS) is 20.4. The summed E-state index contributed by atoms with van der Waals surface area (Å²) in [6.07, 6.45) is 3.28. The van der Waals surface area contributed by atoms with Crippen LogP contribution in [-0.4, -0.2) is 36.5 Å². The van der Waals surface area contributed by atoms with E-state index in [1.165, 1.54) is 11.0 Å². The second-order valence-corrected chi connectivity index (χ2v) is 5.23. The van der Waals surface area contributed by atoms with Gasteiger partial charge in [-0.25, -0.2) is 0 Å². The molecule has 0 saturated carbocycles. The lowest BCUT2D eigenvalue weighted by atomic mass is 9.99. The molecule has 1 aromatic rings. The second kappa shape index (κ2) is 5.59. The molecule has 0 spiro atoms. The van der Waals surface area contributed by atoms with Crippen molar-refractivity contribution in [3.63, 3.8) is 0 Å². The molecule has 0 aliphatic carbocycles. The fraction of sp³-hybridized carbons (Fsp3) is 0.375. The minimum atomic E-state index is -0.194. The van der Waals surface area contributed by atoms with Crippen molar-refractivity contribution in [2.24, 2.45) is 5.92 Å². The lowest BCUT2D eigenvalue weighted by Gasteiger charge is -2.26. The van der Waals surface area contributed by atoms with Crippen LogP contribution >= 0.6 is 0 Å². The zero-order chi connectivity index (χ0) is 13.9. The molecule has 0 N–H and O–H groups in total. The number of carbonyl (C=O) groups is 2.